The van der Waals surface area contributed by atoms with Crippen molar-refractivity contribution < 1.29 is 9.53 Å². The van der Waals surface area contributed by atoms with Crippen molar-refractivity contribution in [1.29, 1.82) is 0 Å². The molecule has 0 aliphatic carbocycles. The van der Waals surface area contributed by atoms with Gasteiger partial charge in [-0.2, -0.15) is 5.10 Å². The van der Waals surface area contributed by atoms with E-state index in [4.69, 9.17) is 4.74 Å². The van der Waals surface area contributed by atoms with Gasteiger partial charge in [0, 0.05) is 25.8 Å². The van der Waals surface area contributed by atoms with Crippen LogP contribution in [0.15, 0.2) is 10.7 Å². The smallest absolute Gasteiger partial charge is 0.244 e. The summed E-state index contributed by atoms with van der Waals surface area (Å²) in [4.78, 5) is 14.5. The first-order chi connectivity index (χ1) is 10.1. The van der Waals surface area contributed by atoms with E-state index in [1.54, 1.807) is 4.68 Å². The molecule has 1 atom stereocenters. The molecular weight excluding hydrogens is 336 g/mol. The zero-order valence-corrected chi connectivity index (χ0v) is 14.2. The molecule has 2 heterocycles. The zero-order chi connectivity index (χ0) is 15.2. The van der Waals surface area contributed by atoms with Crippen LogP contribution >= 0.6 is 15.9 Å². The average molecular weight is 359 g/mol. The Kier molecular flexibility index (Phi) is 6.20. The van der Waals surface area contributed by atoms with Crippen molar-refractivity contribution in [2.45, 2.75) is 26.3 Å². The SMILES string of the molecule is Cc1nn([C@H](C)C(=O)NCCCN2CCOCC2)cc1Br. The molecule has 1 fully saturated rings. The standard InChI is InChI=1S/C14H23BrN4O2/c1-11-13(15)10-19(17-11)12(2)14(20)16-4-3-5-18-6-8-21-9-7-18/h10,12H,3-9H2,1-2H3,(H,16,20)/t12-/m1/s1. The summed E-state index contributed by atoms with van der Waals surface area (Å²) in [6.07, 6.45) is 2.80. The first-order valence-electron chi connectivity index (χ1n) is 7.37. The first kappa shape index (κ1) is 16.5. The number of amides is 1. The van der Waals surface area contributed by atoms with Gasteiger partial charge in [0.05, 0.1) is 23.4 Å². The fraction of sp³-hybridized carbons (Fsp3) is 0.714. The van der Waals surface area contributed by atoms with E-state index in [0.29, 0.717) is 6.54 Å². The van der Waals surface area contributed by atoms with E-state index in [-0.39, 0.29) is 11.9 Å². The van der Waals surface area contributed by atoms with Gasteiger partial charge >= 0.3 is 0 Å². The van der Waals surface area contributed by atoms with Gasteiger partial charge in [0.25, 0.3) is 0 Å². The van der Waals surface area contributed by atoms with Crippen LogP contribution in [-0.2, 0) is 9.53 Å². The lowest BCUT2D eigenvalue weighted by molar-refractivity contribution is -0.124. The molecule has 1 aliphatic rings. The summed E-state index contributed by atoms with van der Waals surface area (Å²) < 4.78 is 7.93. The van der Waals surface area contributed by atoms with E-state index >= 15 is 0 Å². The molecule has 0 bridgehead atoms. The fourth-order valence-electron chi connectivity index (χ4n) is 2.26. The molecule has 0 unspecified atom stereocenters. The maximum Gasteiger partial charge on any atom is 0.244 e. The summed E-state index contributed by atoms with van der Waals surface area (Å²) in [5.74, 6) is 0.00646. The van der Waals surface area contributed by atoms with Crippen LogP contribution in [0.3, 0.4) is 0 Å². The molecule has 21 heavy (non-hydrogen) atoms. The zero-order valence-electron chi connectivity index (χ0n) is 12.6. The number of ether oxygens (including phenoxy) is 1. The van der Waals surface area contributed by atoms with Gasteiger partial charge in [0.2, 0.25) is 5.91 Å². The molecule has 1 saturated heterocycles. The largest absolute Gasteiger partial charge is 0.379 e. The summed E-state index contributed by atoms with van der Waals surface area (Å²) >= 11 is 3.41. The lowest BCUT2D eigenvalue weighted by Crippen LogP contribution is -2.38. The maximum absolute atomic E-state index is 12.1. The van der Waals surface area contributed by atoms with Gasteiger partial charge in [0.15, 0.2) is 0 Å². The highest BCUT2D eigenvalue weighted by molar-refractivity contribution is 9.10. The monoisotopic (exact) mass is 358 g/mol. The molecule has 1 aromatic rings. The maximum atomic E-state index is 12.1. The number of halogens is 1. The van der Waals surface area contributed by atoms with Crippen molar-refractivity contribution in [2.24, 2.45) is 0 Å². The third-order valence-corrected chi connectivity index (χ3v) is 4.47. The van der Waals surface area contributed by atoms with Crippen LogP contribution in [0, 0.1) is 6.92 Å². The number of aryl methyl sites for hydroxylation is 1. The van der Waals surface area contributed by atoms with Crippen molar-refractivity contribution in [3.63, 3.8) is 0 Å². The van der Waals surface area contributed by atoms with Crippen molar-refractivity contribution in [2.75, 3.05) is 39.4 Å². The van der Waals surface area contributed by atoms with Crippen LogP contribution in [0.25, 0.3) is 0 Å². The van der Waals surface area contributed by atoms with Gasteiger partial charge in [-0.15, -0.1) is 0 Å². The highest BCUT2D eigenvalue weighted by Gasteiger charge is 2.16. The van der Waals surface area contributed by atoms with E-state index in [1.807, 2.05) is 20.0 Å². The number of nitrogens with zero attached hydrogens (tertiary/aromatic N) is 3. The van der Waals surface area contributed by atoms with Gasteiger partial charge in [-0.25, -0.2) is 0 Å². The van der Waals surface area contributed by atoms with Gasteiger partial charge in [-0.1, -0.05) is 0 Å². The van der Waals surface area contributed by atoms with Crippen molar-refractivity contribution in [3.05, 3.63) is 16.4 Å². The van der Waals surface area contributed by atoms with E-state index in [1.165, 1.54) is 0 Å². The Morgan fingerprint density at radius 1 is 1.52 bits per heavy atom. The van der Waals surface area contributed by atoms with Gasteiger partial charge < -0.3 is 10.1 Å². The number of hydrogen-bond donors (Lipinski definition) is 1. The topological polar surface area (TPSA) is 59.4 Å². The number of carbonyl (C=O) groups excluding carboxylic acids is 1. The number of morpholine rings is 1. The molecule has 6 nitrogen and oxygen atoms in total. The Hall–Kier alpha value is -0.920. The molecule has 1 aliphatic heterocycles. The normalized spacial score (nSPS) is 17.7. The second kappa shape index (κ2) is 7.91. The van der Waals surface area contributed by atoms with E-state index in [2.05, 4.69) is 31.2 Å². The Bertz CT molecular complexity index is 452. The van der Waals surface area contributed by atoms with Gasteiger partial charge in [-0.05, 0) is 42.7 Å². The van der Waals surface area contributed by atoms with Crippen molar-refractivity contribution >= 4 is 21.8 Å². The van der Waals surface area contributed by atoms with E-state index in [9.17, 15) is 4.79 Å². The van der Waals surface area contributed by atoms with Crippen molar-refractivity contribution in [1.82, 2.24) is 20.0 Å². The summed E-state index contributed by atoms with van der Waals surface area (Å²) in [5, 5.41) is 7.30. The van der Waals surface area contributed by atoms with Crippen LogP contribution in [0.2, 0.25) is 0 Å². The lowest BCUT2D eigenvalue weighted by atomic mass is 10.3. The Labute approximate surface area is 133 Å². The molecule has 0 aromatic carbocycles. The number of hydrogen-bond acceptors (Lipinski definition) is 4. The summed E-state index contributed by atoms with van der Waals surface area (Å²) in [6, 6.07) is -0.293. The molecule has 1 N–H and O–H groups in total. The predicted molar refractivity (Wildman–Crippen MR) is 84.3 cm³/mol. The van der Waals surface area contributed by atoms with Crippen LogP contribution in [0.5, 0.6) is 0 Å². The molecule has 7 heteroatoms. The predicted octanol–water partition coefficient (Wildman–Crippen LogP) is 1.35. The second-order valence-electron chi connectivity index (χ2n) is 5.32. The number of carbonyl (C=O) groups is 1. The lowest BCUT2D eigenvalue weighted by Gasteiger charge is -2.26. The van der Waals surface area contributed by atoms with Crippen LogP contribution < -0.4 is 5.32 Å². The molecule has 0 saturated carbocycles. The average Bonchev–Trinajstić information content (AvgIpc) is 2.83. The van der Waals surface area contributed by atoms with Crippen LogP contribution in [0.1, 0.15) is 25.1 Å². The quantitative estimate of drug-likeness (QED) is 0.780. The summed E-state index contributed by atoms with van der Waals surface area (Å²) in [7, 11) is 0. The van der Waals surface area contributed by atoms with Crippen molar-refractivity contribution in [3.8, 4) is 0 Å². The highest BCUT2D eigenvalue weighted by Crippen LogP contribution is 2.16. The van der Waals surface area contributed by atoms with Crippen LogP contribution in [-0.4, -0.2) is 60.0 Å². The molecule has 1 amide bonds. The Balaban J connectivity index is 1.68. The summed E-state index contributed by atoms with van der Waals surface area (Å²) in [6.45, 7) is 9.08. The third kappa shape index (κ3) is 4.79. The van der Waals surface area contributed by atoms with E-state index in [0.717, 1.165) is 49.4 Å². The number of aromatic nitrogens is 2. The third-order valence-electron chi connectivity index (χ3n) is 3.69. The second-order valence-corrected chi connectivity index (χ2v) is 6.17. The highest BCUT2D eigenvalue weighted by atomic mass is 79.9. The van der Waals surface area contributed by atoms with Gasteiger partial charge in [0.1, 0.15) is 6.04 Å². The molecular formula is C14H23BrN4O2. The van der Waals surface area contributed by atoms with E-state index < -0.39 is 0 Å². The number of rotatable bonds is 6. The molecule has 0 spiro atoms. The Morgan fingerprint density at radius 2 is 2.24 bits per heavy atom. The number of nitrogens with one attached hydrogen (secondary N) is 1. The van der Waals surface area contributed by atoms with Gasteiger partial charge in [-0.3, -0.25) is 14.4 Å². The first-order valence-corrected chi connectivity index (χ1v) is 8.16. The molecule has 2 rings (SSSR count). The minimum absolute atomic E-state index is 0.00646. The Morgan fingerprint density at radius 3 is 2.86 bits per heavy atom. The van der Waals surface area contributed by atoms with Crippen LogP contribution in [0.4, 0.5) is 0 Å². The molecule has 118 valence electrons. The summed E-state index contributed by atoms with van der Waals surface area (Å²) in [5.41, 5.74) is 0.891. The molecule has 1 aromatic heterocycles. The molecule has 0 radical (unpaired) electrons. The minimum Gasteiger partial charge on any atom is -0.379 e. The minimum atomic E-state index is -0.293. The fourth-order valence-corrected chi connectivity index (χ4v) is 2.55.